The fourth-order valence-corrected chi connectivity index (χ4v) is 6.34. The van der Waals surface area contributed by atoms with Gasteiger partial charge in [0.05, 0.1) is 0 Å². The van der Waals surface area contributed by atoms with E-state index in [-0.39, 0.29) is 11.8 Å². The van der Waals surface area contributed by atoms with E-state index < -0.39 is 12.3 Å². The van der Waals surface area contributed by atoms with Gasteiger partial charge in [0.1, 0.15) is 12.3 Å². The first kappa shape index (κ1) is 19.4. The van der Waals surface area contributed by atoms with E-state index in [9.17, 15) is 8.78 Å². The van der Waals surface area contributed by atoms with Gasteiger partial charge in [-0.3, -0.25) is 0 Å². The SMILES string of the molecule is CC1CCC(CCC2CCC(C3CCC(I)CC3)CC2)C(F)C1F. The highest BCUT2D eigenvalue weighted by atomic mass is 127. The molecule has 0 nitrogen and oxygen atoms in total. The Bertz CT molecular complexity index is 372. The van der Waals surface area contributed by atoms with E-state index in [1.807, 2.05) is 6.92 Å². The average Bonchev–Trinajstić information content (AvgIpc) is 2.60. The molecule has 0 N–H and O–H groups in total. The van der Waals surface area contributed by atoms with Gasteiger partial charge in [0.15, 0.2) is 0 Å². The zero-order chi connectivity index (χ0) is 17.1. The van der Waals surface area contributed by atoms with E-state index in [0.717, 1.165) is 47.4 Å². The number of halogens is 3. The monoisotopic (exact) mass is 452 g/mol. The summed E-state index contributed by atoms with van der Waals surface area (Å²) >= 11 is 2.62. The van der Waals surface area contributed by atoms with Gasteiger partial charge in [-0.15, -0.1) is 0 Å². The quantitative estimate of drug-likeness (QED) is 0.310. The van der Waals surface area contributed by atoms with Crippen LogP contribution < -0.4 is 0 Å². The standard InChI is InChI=1S/C21H35F2I/c1-14-2-6-18(21(23)20(14)22)9-5-15-3-7-16(8-4-15)17-10-12-19(24)13-11-17/h14-21H,2-13H2,1H3. The number of rotatable bonds is 4. The Morgan fingerprint density at radius 3 is 1.92 bits per heavy atom. The molecule has 0 spiro atoms. The van der Waals surface area contributed by atoms with E-state index in [1.54, 1.807) is 0 Å². The van der Waals surface area contributed by atoms with Crippen molar-refractivity contribution in [3.8, 4) is 0 Å². The second-order valence-corrected chi connectivity index (χ2v) is 10.8. The zero-order valence-electron chi connectivity index (χ0n) is 15.2. The highest BCUT2D eigenvalue weighted by Gasteiger charge is 2.38. The molecule has 0 aromatic carbocycles. The Morgan fingerprint density at radius 2 is 1.29 bits per heavy atom. The minimum Gasteiger partial charge on any atom is -0.244 e. The third-order valence-electron chi connectivity index (χ3n) is 7.50. The van der Waals surface area contributed by atoms with Gasteiger partial charge in [0.25, 0.3) is 0 Å². The molecule has 3 aliphatic rings. The van der Waals surface area contributed by atoms with Crippen molar-refractivity contribution in [2.24, 2.45) is 29.6 Å². The van der Waals surface area contributed by atoms with Gasteiger partial charge in [-0.05, 0) is 87.4 Å². The summed E-state index contributed by atoms with van der Waals surface area (Å²) in [4.78, 5) is 0. The summed E-state index contributed by atoms with van der Waals surface area (Å²) in [5.74, 6) is 2.65. The first-order chi connectivity index (χ1) is 11.5. The topological polar surface area (TPSA) is 0 Å². The summed E-state index contributed by atoms with van der Waals surface area (Å²) in [6.07, 6.45) is 12.6. The third-order valence-corrected chi connectivity index (χ3v) is 8.74. The molecular formula is C21H35F2I. The van der Waals surface area contributed by atoms with Gasteiger partial charge in [-0.2, -0.15) is 0 Å². The van der Waals surface area contributed by atoms with E-state index >= 15 is 0 Å². The smallest absolute Gasteiger partial charge is 0.134 e. The minimum absolute atomic E-state index is 0.00662. The lowest BCUT2D eigenvalue weighted by molar-refractivity contribution is 0.0225. The Morgan fingerprint density at radius 1 is 0.708 bits per heavy atom. The van der Waals surface area contributed by atoms with Gasteiger partial charge in [-0.1, -0.05) is 48.8 Å². The van der Waals surface area contributed by atoms with E-state index in [4.69, 9.17) is 0 Å². The van der Waals surface area contributed by atoms with Crippen molar-refractivity contribution in [1.29, 1.82) is 0 Å². The van der Waals surface area contributed by atoms with Crippen LogP contribution in [0.5, 0.6) is 0 Å². The van der Waals surface area contributed by atoms with Gasteiger partial charge in [-0.25, -0.2) is 8.78 Å². The second kappa shape index (κ2) is 8.99. The molecule has 4 unspecified atom stereocenters. The van der Waals surface area contributed by atoms with Gasteiger partial charge in [0.2, 0.25) is 0 Å². The highest BCUT2D eigenvalue weighted by molar-refractivity contribution is 14.1. The van der Waals surface area contributed by atoms with E-state index in [1.165, 1.54) is 51.4 Å². The molecule has 3 fully saturated rings. The van der Waals surface area contributed by atoms with Crippen LogP contribution in [0.2, 0.25) is 0 Å². The molecule has 3 rings (SSSR count). The molecule has 140 valence electrons. The van der Waals surface area contributed by atoms with Crippen molar-refractivity contribution < 1.29 is 8.78 Å². The van der Waals surface area contributed by atoms with E-state index in [2.05, 4.69) is 22.6 Å². The van der Waals surface area contributed by atoms with E-state index in [0.29, 0.717) is 0 Å². The lowest BCUT2D eigenvalue weighted by atomic mass is 9.69. The molecule has 0 saturated heterocycles. The summed E-state index contributed by atoms with van der Waals surface area (Å²) < 4.78 is 29.0. The summed E-state index contributed by atoms with van der Waals surface area (Å²) in [5.41, 5.74) is 0. The van der Waals surface area contributed by atoms with Crippen LogP contribution in [0.3, 0.4) is 0 Å². The number of hydrogen-bond donors (Lipinski definition) is 0. The highest BCUT2D eigenvalue weighted by Crippen LogP contribution is 2.43. The molecule has 24 heavy (non-hydrogen) atoms. The molecule has 0 amide bonds. The molecule has 0 aromatic rings. The van der Waals surface area contributed by atoms with Crippen LogP contribution in [0.1, 0.15) is 84.0 Å². The fourth-order valence-electron chi connectivity index (χ4n) is 5.62. The Kier molecular flexibility index (Phi) is 7.25. The maximum absolute atomic E-state index is 14.2. The van der Waals surface area contributed by atoms with Crippen molar-refractivity contribution in [3.05, 3.63) is 0 Å². The van der Waals surface area contributed by atoms with Crippen LogP contribution >= 0.6 is 22.6 Å². The number of alkyl halides is 3. The molecule has 4 atom stereocenters. The Labute approximate surface area is 161 Å². The third kappa shape index (κ3) is 4.85. The molecule has 0 bridgehead atoms. The van der Waals surface area contributed by atoms with Crippen molar-refractivity contribution in [2.45, 2.75) is 100 Å². The molecular weight excluding hydrogens is 417 g/mol. The fraction of sp³-hybridized carbons (Fsp3) is 1.00. The van der Waals surface area contributed by atoms with Crippen molar-refractivity contribution in [3.63, 3.8) is 0 Å². The van der Waals surface area contributed by atoms with Crippen molar-refractivity contribution in [1.82, 2.24) is 0 Å². The van der Waals surface area contributed by atoms with Crippen molar-refractivity contribution in [2.75, 3.05) is 0 Å². The van der Waals surface area contributed by atoms with Crippen LogP contribution in [-0.4, -0.2) is 16.3 Å². The predicted octanol–water partition coefficient (Wildman–Crippen LogP) is 7.29. The summed E-state index contributed by atoms with van der Waals surface area (Å²) in [6.45, 7) is 1.86. The predicted molar refractivity (Wildman–Crippen MR) is 106 cm³/mol. The van der Waals surface area contributed by atoms with Crippen LogP contribution in [0.25, 0.3) is 0 Å². The van der Waals surface area contributed by atoms with Crippen molar-refractivity contribution >= 4 is 22.6 Å². The first-order valence-corrected chi connectivity index (χ1v) is 11.7. The lowest BCUT2D eigenvalue weighted by Crippen LogP contribution is -2.37. The summed E-state index contributed by atoms with van der Waals surface area (Å²) in [6, 6.07) is 0. The summed E-state index contributed by atoms with van der Waals surface area (Å²) in [5, 5.41) is 0. The first-order valence-electron chi connectivity index (χ1n) is 10.5. The molecule has 3 saturated carbocycles. The average molecular weight is 452 g/mol. The maximum atomic E-state index is 14.2. The van der Waals surface area contributed by atoms with Crippen LogP contribution in [0.4, 0.5) is 8.78 Å². The summed E-state index contributed by atoms with van der Waals surface area (Å²) in [7, 11) is 0. The largest absolute Gasteiger partial charge is 0.244 e. The van der Waals surface area contributed by atoms with Gasteiger partial charge < -0.3 is 0 Å². The second-order valence-electron chi connectivity index (χ2n) is 9.07. The van der Waals surface area contributed by atoms with Crippen LogP contribution in [0.15, 0.2) is 0 Å². The molecule has 0 heterocycles. The maximum Gasteiger partial charge on any atom is 0.134 e. The lowest BCUT2D eigenvalue weighted by Gasteiger charge is -2.38. The molecule has 3 aliphatic carbocycles. The van der Waals surface area contributed by atoms with Gasteiger partial charge in [0, 0.05) is 3.92 Å². The van der Waals surface area contributed by atoms with Crippen LogP contribution in [-0.2, 0) is 0 Å². The molecule has 0 aliphatic heterocycles. The Hall–Kier alpha value is 0.590. The van der Waals surface area contributed by atoms with Crippen LogP contribution in [0, 0.1) is 29.6 Å². The normalized spacial score (nSPS) is 47.5. The van der Waals surface area contributed by atoms with Gasteiger partial charge >= 0.3 is 0 Å². The molecule has 0 aromatic heterocycles. The number of hydrogen-bond acceptors (Lipinski definition) is 0. The Balaban J connectivity index is 1.37. The zero-order valence-corrected chi connectivity index (χ0v) is 17.4. The molecule has 3 heteroatoms. The minimum atomic E-state index is -1.22. The molecule has 0 radical (unpaired) electrons.